The van der Waals surface area contributed by atoms with E-state index in [1.54, 1.807) is 37.2 Å². The summed E-state index contributed by atoms with van der Waals surface area (Å²) in [6.45, 7) is 2.12. The first-order valence-corrected chi connectivity index (χ1v) is 17.6. The Morgan fingerprint density at radius 1 is 0.615 bits per heavy atom. The zero-order valence-corrected chi connectivity index (χ0v) is 31.6. The summed E-state index contributed by atoms with van der Waals surface area (Å²) in [6.07, 6.45) is 10.3. The molecule has 16 heteroatoms. The van der Waals surface area contributed by atoms with Crippen LogP contribution in [0.25, 0.3) is 0 Å². The number of imidazole rings is 2. The van der Waals surface area contributed by atoms with E-state index in [-0.39, 0.29) is 12.2 Å². The van der Waals surface area contributed by atoms with Crippen LogP contribution in [0.5, 0.6) is 0 Å². The van der Waals surface area contributed by atoms with Gasteiger partial charge in [0.2, 0.25) is 0 Å². The Kier molecular flexibility index (Phi) is 16.5. The van der Waals surface area contributed by atoms with Crippen LogP contribution < -0.4 is 0 Å². The standard InChI is InChI=1S/2C18H15Cl3N2O.HNO3/c2*19-14-3-1-13(2-4-14)11-24-18(10-23-8-7-22-12-23)16-6-5-15(20)9-17(16)21;2-1(3)4/h2*1-9,12,18H,10-11H2;(H,2,3,4). The van der Waals surface area contributed by atoms with Gasteiger partial charge in [-0.05, 0) is 59.7 Å². The van der Waals surface area contributed by atoms with Crippen LogP contribution in [0.4, 0.5) is 0 Å². The van der Waals surface area contributed by atoms with Crippen LogP contribution in [0, 0.1) is 10.1 Å². The van der Waals surface area contributed by atoms with Crippen LogP contribution in [0.1, 0.15) is 34.5 Å². The average Bonchev–Trinajstić information content (AvgIpc) is 3.82. The molecule has 272 valence electrons. The molecule has 0 bridgehead atoms. The number of halogens is 6. The van der Waals surface area contributed by atoms with E-state index in [1.165, 1.54) is 0 Å². The molecule has 6 aromatic rings. The lowest BCUT2D eigenvalue weighted by Gasteiger charge is -2.20. The first-order valence-electron chi connectivity index (χ1n) is 15.3. The maximum absolute atomic E-state index is 8.36. The Morgan fingerprint density at radius 3 is 1.27 bits per heavy atom. The van der Waals surface area contributed by atoms with Crippen molar-refractivity contribution < 1.29 is 19.8 Å². The first-order chi connectivity index (χ1) is 25.0. The van der Waals surface area contributed by atoms with Crippen LogP contribution >= 0.6 is 69.6 Å². The molecule has 0 amide bonds. The van der Waals surface area contributed by atoms with Gasteiger partial charge in [-0.3, -0.25) is 0 Å². The summed E-state index contributed by atoms with van der Waals surface area (Å²) < 4.78 is 16.2. The van der Waals surface area contributed by atoms with Crippen molar-refractivity contribution in [1.82, 2.24) is 19.1 Å². The third-order valence-corrected chi connectivity index (χ3v) is 8.85. The van der Waals surface area contributed by atoms with E-state index < -0.39 is 5.09 Å². The maximum atomic E-state index is 8.36. The Bertz CT molecular complexity index is 1820. The normalized spacial score (nSPS) is 11.8. The molecule has 0 saturated carbocycles. The van der Waals surface area contributed by atoms with Gasteiger partial charge in [-0.25, -0.2) is 9.97 Å². The Labute approximate surface area is 330 Å². The van der Waals surface area contributed by atoms with Crippen LogP contribution in [0.2, 0.25) is 30.1 Å². The molecule has 2 atom stereocenters. The van der Waals surface area contributed by atoms with Gasteiger partial charge >= 0.3 is 0 Å². The van der Waals surface area contributed by atoms with Crippen molar-refractivity contribution in [2.24, 2.45) is 0 Å². The number of rotatable bonds is 12. The van der Waals surface area contributed by atoms with E-state index in [0.717, 1.165) is 22.3 Å². The zero-order chi connectivity index (χ0) is 37.5. The second kappa shape index (κ2) is 21.0. The molecular formula is C36H31Cl6N5O5. The Morgan fingerprint density at radius 2 is 0.962 bits per heavy atom. The van der Waals surface area contributed by atoms with E-state index in [2.05, 4.69) is 9.97 Å². The smallest absolute Gasteiger partial charge is 0.291 e. The lowest BCUT2D eigenvalue weighted by Crippen LogP contribution is -2.12. The molecule has 0 aliphatic carbocycles. The van der Waals surface area contributed by atoms with Gasteiger partial charge in [0.25, 0.3) is 5.09 Å². The molecule has 6 rings (SSSR count). The third kappa shape index (κ3) is 13.9. The van der Waals surface area contributed by atoms with Crippen molar-refractivity contribution in [3.8, 4) is 0 Å². The molecule has 0 aliphatic heterocycles. The highest BCUT2D eigenvalue weighted by Crippen LogP contribution is 2.32. The average molecular weight is 826 g/mol. The highest BCUT2D eigenvalue weighted by molar-refractivity contribution is 6.35. The Hall–Kier alpha value is -3.84. The van der Waals surface area contributed by atoms with E-state index in [4.69, 9.17) is 94.4 Å². The highest BCUT2D eigenvalue weighted by atomic mass is 35.5. The summed E-state index contributed by atoms with van der Waals surface area (Å²) in [4.78, 5) is 16.5. The number of hydrogen-bond acceptors (Lipinski definition) is 6. The predicted octanol–water partition coefficient (Wildman–Crippen LogP) is 11.3. The largest absolute Gasteiger partial charge is 0.367 e. The minimum Gasteiger partial charge on any atom is -0.367 e. The fourth-order valence-electron chi connectivity index (χ4n) is 4.73. The Balaban J connectivity index is 0.000000211. The van der Waals surface area contributed by atoms with Crippen molar-refractivity contribution in [1.29, 1.82) is 0 Å². The van der Waals surface area contributed by atoms with Gasteiger partial charge in [0.05, 0.1) is 39.0 Å². The van der Waals surface area contributed by atoms with Crippen LogP contribution in [-0.4, -0.2) is 29.4 Å². The molecule has 2 heterocycles. The molecule has 0 spiro atoms. The number of nitrogens with zero attached hydrogens (tertiary/aromatic N) is 5. The molecule has 0 aliphatic rings. The molecule has 4 aromatic carbocycles. The van der Waals surface area contributed by atoms with Crippen molar-refractivity contribution in [2.75, 3.05) is 0 Å². The molecule has 1 N–H and O–H groups in total. The summed E-state index contributed by atoms with van der Waals surface area (Å²) in [6, 6.07) is 26.0. The summed E-state index contributed by atoms with van der Waals surface area (Å²) >= 11 is 36.6. The molecule has 10 nitrogen and oxygen atoms in total. The fourth-order valence-corrected chi connectivity index (χ4v) is 6.05. The van der Waals surface area contributed by atoms with Gasteiger partial charge in [0, 0.05) is 66.1 Å². The zero-order valence-electron chi connectivity index (χ0n) is 27.1. The van der Waals surface area contributed by atoms with Crippen LogP contribution in [0.15, 0.2) is 122 Å². The molecule has 0 saturated heterocycles. The molecule has 0 radical (unpaired) electrons. The molecule has 2 unspecified atom stereocenters. The van der Waals surface area contributed by atoms with E-state index in [9.17, 15) is 0 Å². The highest BCUT2D eigenvalue weighted by Gasteiger charge is 2.18. The van der Waals surface area contributed by atoms with Gasteiger partial charge in [-0.1, -0.05) is 106 Å². The lowest BCUT2D eigenvalue weighted by atomic mass is 10.1. The number of benzene rings is 4. The van der Waals surface area contributed by atoms with Crippen LogP contribution in [-0.2, 0) is 35.8 Å². The van der Waals surface area contributed by atoms with Gasteiger partial charge in [-0.15, -0.1) is 10.1 Å². The van der Waals surface area contributed by atoms with Gasteiger partial charge in [-0.2, -0.15) is 0 Å². The minimum atomic E-state index is -1.50. The van der Waals surface area contributed by atoms with Gasteiger partial charge in [0.15, 0.2) is 0 Å². The number of aromatic nitrogens is 4. The summed E-state index contributed by atoms with van der Waals surface area (Å²) in [5, 5.41) is 17.4. The minimum absolute atomic E-state index is 0.223. The molecular weight excluding hydrogens is 795 g/mol. The van der Waals surface area contributed by atoms with Crippen molar-refractivity contribution in [3.05, 3.63) is 185 Å². The quantitative estimate of drug-likeness (QED) is 0.0964. The topological polar surface area (TPSA) is 117 Å². The summed E-state index contributed by atoms with van der Waals surface area (Å²) in [7, 11) is 0. The molecule has 2 aromatic heterocycles. The second-order valence-electron chi connectivity index (χ2n) is 10.9. The SMILES string of the molecule is Clc1ccc(COC(Cn2ccnc2)c2ccc(Cl)cc2Cl)cc1.Clc1ccc(COC(Cn2ccnc2)c2ccc(Cl)cc2Cl)cc1.O=[N+]([O-])O. The van der Waals surface area contributed by atoms with Crippen molar-refractivity contribution in [2.45, 2.75) is 38.5 Å². The predicted molar refractivity (Wildman–Crippen MR) is 204 cm³/mol. The van der Waals surface area contributed by atoms with E-state index in [1.807, 2.05) is 94.3 Å². The van der Waals surface area contributed by atoms with Crippen molar-refractivity contribution >= 4 is 69.6 Å². The molecule has 52 heavy (non-hydrogen) atoms. The lowest BCUT2D eigenvalue weighted by molar-refractivity contribution is -0.742. The second-order valence-corrected chi connectivity index (χ2v) is 13.5. The summed E-state index contributed by atoms with van der Waals surface area (Å²) in [5.41, 5.74) is 3.87. The fraction of sp³-hybridized carbons (Fsp3) is 0.167. The number of ether oxygens (including phenoxy) is 2. The third-order valence-electron chi connectivity index (χ3n) is 7.22. The number of hydrogen-bond donors (Lipinski definition) is 1. The van der Waals surface area contributed by atoms with E-state index in [0.29, 0.717) is 56.4 Å². The van der Waals surface area contributed by atoms with Gasteiger partial charge < -0.3 is 23.8 Å². The maximum Gasteiger partial charge on any atom is 0.291 e. The van der Waals surface area contributed by atoms with Gasteiger partial charge in [0.1, 0.15) is 12.2 Å². The summed E-state index contributed by atoms with van der Waals surface area (Å²) in [5.74, 6) is 0. The monoisotopic (exact) mass is 823 g/mol. The first kappa shape index (κ1) is 40.9. The van der Waals surface area contributed by atoms with E-state index >= 15 is 0 Å². The van der Waals surface area contributed by atoms with Crippen molar-refractivity contribution in [3.63, 3.8) is 0 Å². The molecule has 0 fully saturated rings. The van der Waals surface area contributed by atoms with Crippen LogP contribution in [0.3, 0.4) is 0 Å².